The minimum absolute atomic E-state index is 0.0133. The number of nitrogens with two attached hydrogens (primary N) is 1. The van der Waals surface area contributed by atoms with E-state index >= 15 is 0 Å². The largest absolute Gasteiger partial charge is 0.439 e. The highest BCUT2D eigenvalue weighted by atomic mass is 16.5. The molecule has 0 fully saturated rings. The molecule has 1 unspecified atom stereocenters. The van der Waals surface area contributed by atoms with E-state index in [-0.39, 0.29) is 28.7 Å². The van der Waals surface area contributed by atoms with Crippen LogP contribution < -0.4 is 21.0 Å². The Labute approximate surface area is 177 Å². The monoisotopic (exact) mass is 413 g/mol. The van der Waals surface area contributed by atoms with Crippen LogP contribution in [0.4, 0.5) is 5.69 Å². The molecular formula is C24H19N3O4. The number of hydrogen-bond acceptors (Lipinski definition) is 6. The van der Waals surface area contributed by atoms with Gasteiger partial charge in [-0.25, -0.2) is 4.79 Å². The number of benzene rings is 2. The van der Waals surface area contributed by atoms with Gasteiger partial charge in [-0.1, -0.05) is 44.2 Å². The molecule has 0 radical (unpaired) electrons. The number of rotatable bonds is 2. The molecule has 2 aliphatic rings. The number of nitrogens with zero attached hydrogens (tertiary/aromatic N) is 2. The van der Waals surface area contributed by atoms with Crippen molar-refractivity contribution in [3.05, 3.63) is 81.5 Å². The van der Waals surface area contributed by atoms with E-state index in [1.165, 1.54) is 0 Å². The molecule has 0 bridgehead atoms. The molecule has 3 aromatic rings. The summed E-state index contributed by atoms with van der Waals surface area (Å²) in [5.41, 5.74) is 5.10. The van der Waals surface area contributed by atoms with Crippen LogP contribution in [-0.2, 0) is 10.2 Å². The molecule has 0 aliphatic carbocycles. The molecule has 1 aromatic heterocycles. The highest BCUT2D eigenvalue weighted by Crippen LogP contribution is 2.55. The molecular weight excluding hydrogens is 394 g/mol. The van der Waals surface area contributed by atoms with Crippen molar-refractivity contribution in [3.63, 3.8) is 0 Å². The lowest BCUT2D eigenvalue weighted by Crippen LogP contribution is -2.49. The molecule has 1 spiro atoms. The topological polar surface area (TPSA) is 110 Å². The lowest BCUT2D eigenvalue weighted by Gasteiger charge is -2.33. The van der Waals surface area contributed by atoms with E-state index in [0.717, 1.165) is 0 Å². The number of para-hydroxylation sites is 2. The van der Waals surface area contributed by atoms with E-state index in [2.05, 4.69) is 0 Å². The number of fused-ring (bicyclic) bond motifs is 6. The van der Waals surface area contributed by atoms with Gasteiger partial charge in [-0.15, -0.1) is 0 Å². The van der Waals surface area contributed by atoms with Gasteiger partial charge in [0.25, 0.3) is 0 Å². The highest BCUT2D eigenvalue weighted by Gasteiger charge is 2.61. The van der Waals surface area contributed by atoms with Crippen molar-refractivity contribution in [2.75, 3.05) is 11.4 Å². The summed E-state index contributed by atoms with van der Waals surface area (Å²) in [7, 11) is 0. The molecule has 0 saturated carbocycles. The number of carbonyl (C=O) groups excluding carboxylic acids is 1. The number of carbonyl (C=O) groups is 1. The van der Waals surface area contributed by atoms with Gasteiger partial charge in [-0.3, -0.25) is 4.79 Å². The first-order valence-electron chi connectivity index (χ1n) is 9.97. The van der Waals surface area contributed by atoms with Crippen molar-refractivity contribution >= 4 is 22.6 Å². The fourth-order valence-corrected chi connectivity index (χ4v) is 4.64. The van der Waals surface area contributed by atoms with Gasteiger partial charge < -0.3 is 19.8 Å². The molecule has 2 N–H and O–H groups in total. The second-order valence-electron chi connectivity index (χ2n) is 8.12. The molecule has 5 rings (SSSR count). The summed E-state index contributed by atoms with van der Waals surface area (Å²) < 4.78 is 11.4. The van der Waals surface area contributed by atoms with Crippen LogP contribution in [0.1, 0.15) is 25.0 Å². The van der Waals surface area contributed by atoms with Gasteiger partial charge in [-0.05, 0) is 24.1 Å². The second-order valence-corrected chi connectivity index (χ2v) is 8.12. The molecule has 0 saturated heterocycles. The minimum atomic E-state index is -1.72. The molecule has 1 amide bonds. The number of nitriles is 1. The van der Waals surface area contributed by atoms with Crippen molar-refractivity contribution < 1.29 is 13.9 Å². The number of amides is 1. The Morgan fingerprint density at radius 3 is 2.58 bits per heavy atom. The molecule has 7 heteroatoms. The minimum Gasteiger partial charge on any atom is -0.439 e. The maximum atomic E-state index is 14.1. The Kier molecular flexibility index (Phi) is 3.96. The Bertz CT molecular complexity index is 1400. The smallest absolute Gasteiger partial charge is 0.345 e. The van der Waals surface area contributed by atoms with Gasteiger partial charge >= 0.3 is 5.63 Å². The summed E-state index contributed by atoms with van der Waals surface area (Å²) in [6, 6.07) is 16.1. The molecule has 31 heavy (non-hydrogen) atoms. The number of hydrogen-bond donors (Lipinski definition) is 1. The van der Waals surface area contributed by atoms with Gasteiger partial charge in [0.15, 0.2) is 11.2 Å². The fraction of sp³-hybridized carbons (Fsp3) is 0.208. The molecule has 2 aliphatic heterocycles. The standard InChI is InChI=1S/C24H19N3O4/c1-13(2)12-27-17-9-5-4-8-15(17)24(23(27)29)16(11-25)21(26)31-20-14-7-3-6-10-18(14)30-22(28)19(20)24/h3-10,13H,12,26H2,1-2H3. The van der Waals surface area contributed by atoms with E-state index < -0.39 is 16.9 Å². The first kappa shape index (κ1) is 18.9. The fourth-order valence-electron chi connectivity index (χ4n) is 4.64. The zero-order valence-corrected chi connectivity index (χ0v) is 17.0. The third-order valence-corrected chi connectivity index (χ3v) is 5.80. The van der Waals surface area contributed by atoms with Crippen molar-refractivity contribution in [1.29, 1.82) is 5.26 Å². The molecule has 154 valence electrons. The third kappa shape index (κ3) is 2.33. The van der Waals surface area contributed by atoms with E-state index in [9.17, 15) is 14.9 Å². The van der Waals surface area contributed by atoms with E-state index in [1.54, 1.807) is 41.3 Å². The first-order chi connectivity index (χ1) is 14.9. The van der Waals surface area contributed by atoms with Crippen LogP contribution in [0.25, 0.3) is 11.0 Å². The van der Waals surface area contributed by atoms with Crippen LogP contribution in [0.2, 0.25) is 0 Å². The number of anilines is 1. The van der Waals surface area contributed by atoms with Gasteiger partial charge in [0.1, 0.15) is 22.8 Å². The molecule has 3 heterocycles. The summed E-state index contributed by atoms with van der Waals surface area (Å²) >= 11 is 0. The molecule has 7 nitrogen and oxygen atoms in total. The van der Waals surface area contributed by atoms with Crippen LogP contribution in [0.5, 0.6) is 5.75 Å². The Hall–Kier alpha value is -4.05. The van der Waals surface area contributed by atoms with Crippen molar-refractivity contribution in [1.82, 2.24) is 0 Å². The molecule has 2 aromatic carbocycles. The second kappa shape index (κ2) is 6.47. The van der Waals surface area contributed by atoms with Crippen LogP contribution in [0, 0.1) is 17.2 Å². The Morgan fingerprint density at radius 1 is 1.13 bits per heavy atom. The van der Waals surface area contributed by atoms with E-state index in [1.807, 2.05) is 32.0 Å². The first-order valence-corrected chi connectivity index (χ1v) is 9.97. The maximum Gasteiger partial charge on any atom is 0.345 e. The predicted molar refractivity (Wildman–Crippen MR) is 114 cm³/mol. The number of ether oxygens (including phenoxy) is 1. The van der Waals surface area contributed by atoms with Gasteiger partial charge in [-0.2, -0.15) is 5.26 Å². The molecule has 1 atom stereocenters. The highest BCUT2D eigenvalue weighted by molar-refractivity contribution is 6.14. The van der Waals surface area contributed by atoms with Crippen molar-refractivity contribution in [3.8, 4) is 11.8 Å². The van der Waals surface area contributed by atoms with Crippen LogP contribution in [0.3, 0.4) is 0 Å². The average Bonchev–Trinajstić information content (AvgIpc) is 2.97. The lowest BCUT2D eigenvalue weighted by atomic mass is 9.69. The maximum absolute atomic E-state index is 14.1. The lowest BCUT2D eigenvalue weighted by molar-refractivity contribution is -0.121. The van der Waals surface area contributed by atoms with Crippen LogP contribution >= 0.6 is 0 Å². The zero-order chi connectivity index (χ0) is 21.9. The third-order valence-electron chi connectivity index (χ3n) is 5.80. The van der Waals surface area contributed by atoms with Crippen molar-refractivity contribution in [2.45, 2.75) is 19.3 Å². The average molecular weight is 413 g/mol. The Balaban J connectivity index is 1.96. The van der Waals surface area contributed by atoms with Crippen molar-refractivity contribution in [2.24, 2.45) is 11.7 Å². The Morgan fingerprint density at radius 2 is 1.84 bits per heavy atom. The summed E-state index contributed by atoms with van der Waals surface area (Å²) in [5.74, 6) is -0.293. The SMILES string of the molecule is CC(C)CN1C(=O)C2(C(C#N)=C(N)Oc3c2c(=O)oc2ccccc32)c2ccccc21. The normalized spacial score (nSPS) is 19.5. The summed E-state index contributed by atoms with van der Waals surface area (Å²) in [6.07, 6.45) is 0. The van der Waals surface area contributed by atoms with Crippen LogP contribution in [0.15, 0.2) is 69.2 Å². The quantitative estimate of drug-likeness (QED) is 0.646. The summed E-state index contributed by atoms with van der Waals surface area (Å²) in [5, 5.41) is 10.6. The predicted octanol–water partition coefficient (Wildman–Crippen LogP) is 3.17. The zero-order valence-electron chi connectivity index (χ0n) is 17.0. The summed E-state index contributed by atoms with van der Waals surface area (Å²) in [6.45, 7) is 4.41. The van der Waals surface area contributed by atoms with E-state index in [4.69, 9.17) is 14.9 Å². The van der Waals surface area contributed by atoms with Gasteiger partial charge in [0, 0.05) is 17.8 Å². The van der Waals surface area contributed by atoms with E-state index in [0.29, 0.717) is 28.8 Å². The van der Waals surface area contributed by atoms with Gasteiger partial charge in [0.2, 0.25) is 11.8 Å². The van der Waals surface area contributed by atoms with Crippen LogP contribution in [-0.4, -0.2) is 12.5 Å². The van der Waals surface area contributed by atoms with Gasteiger partial charge in [0.05, 0.1) is 5.39 Å². The summed E-state index contributed by atoms with van der Waals surface area (Å²) in [4.78, 5) is 29.0.